The number of hydrogen-bond acceptors (Lipinski definition) is 3. The molecule has 0 saturated carbocycles. The fraction of sp³-hybridized carbons (Fsp3) is 0.250. The van der Waals surface area contributed by atoms with Crippen molar-refractivity contribution in [1.29, 1.82) is 0 Å². The molecule has 0 aliphatic carbocycles. The van der Waals surface area contributed by atoms with Crippen LogP contribution >= 0.6 is 0 Å². The van der Waals surface area contributed by atoms with Crippen molar-refractivity contribution in [2.75, 3.05) is 5.32 Å². The number of nitrogens with zero attached hydrogens (tertiary/aromatic N) is 1. The first-order chi connectivity index (χ1) is 10.0. The summed E-state index contributed by atoms with van der Waals surface area (Å²) in [7, 11) is 0. The molecule has 1 atom stereocenters. The zero-order chi connectivity index (χ0) is 15.4. The lowest BCUT2D eigenvalue weighted by atomic mass is 10.0. The first kappa shape index (κ1) is 15.0. The molecule has 21 heavy (non-hydrogen) atoms. The third-order valence-corrected chi connectivity index (χ3v) is 3.49. The molecule has 0 amide bonds. The number of hydrogen-bond donors (Lipinski definition) is 1. The topological polar surface area (TPSA) is 55.2 Å². The lowest BCUT2D eigenvalue weighted by Gasteiger charge is -2.20. The molecule has 0 radical (unpaired) electrons. The summed E-state index contributed by atoms with van der Waals surface area (Å²) in [5.74, 6) is -0.270. The fourth-order valence-corrected chi connectivity index (χ4v) is 2.23. The fourth-order valence-electron chi connectivity index (χ4n) is 2.23. The lowest BCUT2D eigenvalue weighted by Crippen LogP contribution is -2.11. The van der Waals surface area contributed by atoms with Crippen molar-refractivity contribution in [3.05, 3.63) is 69.5 Å². The second-order valence-corrected chi connectivity index (χ2v) is 4.87. The van der Waals surface area contributed by atoms with Gasteiger partial charge in [-0.1, -0.05) is 25.1 Å². The quantitative estimate of drug-likeness (QED) is 0.646. The normalized spacial score (nSPS) is 12.0. The lowest BCUT2D eigenvalue weighted by molar-refractivity contribution is -0.384. The van der Waals surface area contributed by atoms with E-state index in [0.717, 1.165) is 12.0 Å². The van der Waals surface area contributed by atoms with Crippen LogP contribution in [0.4, 0.5) is 15.8 Å². The molecule has 2 rings (SSSR count). The van der Waals surface area contributed by atoms with E-state index in [4.69, 9.17) is 0 Å². The van der Waals surface area contributed by atoms with Gasteiger partial charge in [0.15, 0.2) is 0 Å². The summed E-state index contributed by atoms with van der Waals surface area (Å²) in [4.78, 5) is 10.4. The van der Waals surface area contributed by atoms with Crippen LogP contribution in [-0.4, -0.2) is 4.92 Å². The molecule has 0 aromatic heterocycles. The Balaban J connectivity index is 2.30. The molecule has 0 heterocycles. The molecule has 0 spiro atoms. The minimum Gasteiger partial charge on any atom is -0.378 e. The van der Waals surface area contributed by atoms with Crippen molar-refractivity contribution in [3.8, 4) is 0 Å². The van der Waals surface area contributed by atoms with E-state index >= 15 is 0 Å². The molecule has 4 nitrogen and oxygen atoms in total. The predicted molar refractivity (Wildman–Crippen MR) is 80.9 cm³/mol. The molecule has 0 fully saturated rings. The van der Waals surface area contributed by atoms with Gasteiger partial charge >= 0.3 is 0 Å². The number of halogens is 1. The summed E-state index contributed by atoms with van der Waals surface area (Å²) in [5.41, 5.74) is 2.12. The van der Waals surface area contributed by atoms with Gasteiger partial charge in [-0.15, -0.1) is 0 Å². The number of anilines is 1. The summed E-state index contributed by atoms with van der Waals surface area (Å²) >= 11 is 0. The Labute approximate surface area is 122 Å². The minimum absolute atomic E-state index is 0.0590. The summed E-state index contributed by atoms with van der Waals surface area (Å²) in [6.07, 6.45) is 0.733. The number of nitro groups is 1. The summed E-state index contributed by atoms with van der Waals surface area (Å²) in [6.45, 7) is 3.68. The van der Waals surface area contributed by atoms with E-state index in [0.29, 0.717) is 11.3 Å². The maximum atomic E-state index is 13.6. The van der Waals surface area contributed by atoms with Crippen molar-refractivity contribution in [2.45, 2.75) is 26.3 Å². The molecule has 1 unspecified atom stereocenters. The van der Waals surface area contributed by atoms with Gasteiger partial charge in [-0.2, -0.15) is 0 Å². The van der Waals surface area contributed by atoms with Gasteiger partial charge in [-0.05, 0) is 31.0 Å². The van der Waals surface area contributed by atoms with Gasteiger partial charge in [-0.25, -0.2) is 4.39 Å². The molecule has 0 saturated heterocycles. The molecule has 2 aromatic carbocycles. The second kappa shape index (κ2) is 6.35. The van der Waals surface area contributed by atoms with Crippen LogP contribution in [0.5, 0.6) is 0 Å². The van der Waals surface area contributed by atoms with E-state index in [1.54, 1.807) is 31.2 Å². The van der Waals surface area contributed by atoms with E-state index in [2.05, 4.69) is 5.32 Å². The van der Waals surface area contributed by atoms with Crippen molar-refractivity contribution in [1.82, 2.24) is 0 Å². The molecule has 0 aliphatic rings. The number of rotatable bonds is 5. The van der Waals surface area contributed by atoms with Crippen LogP contribution in [0.2, 0.25) is 0 Å². The van der Waals surface area contributed by atoms with E-state index in [-0.39, 0.29) is 17.5 Å². The van der Waals surface area contributed by atoms with E-state index < -0.39 is 4.92 Å². The Morgan fingerprint density at radius 3 is 2.67 bits per heavy atom. The standard InChI is InChI=1S/C16H17FN2O2/c1-3-15(12-6-4-7-13(10-12)19(20)21)18-16-9-5-8-14(17)11(16)2/h4-10,15,18H,3H2,1-2H3. The summed E-state index contributed by atoms with van der Waals surface area (Å²) in [5, 5.41) is 14.1. The van der Waals surface area contributed by atoms with Gasteiger partial charge in [0.2, 0.25) is 0 Å². The highest BCUT2D eigenvalue weighted by Gasteiger charge is 2.14. The van der Waals surface area contributed by atoms with Gasteiger partial charge in [0, 0.05) is 23.4 Å². The maximum Gasteiger partial charge on any atom is 0.269 e. The Kier molecular flexibility index (Phi) is 4.52. The van der Waals surface area contributed by atoms with E-state index in [9.17, 15) is 14.5 Å². The predicted octanol–water partition coefficient (Wildman–Crippen LogP) is 4.61. The molecular weight excluding hydrogens is 271 g/mol. The van der Waals surface area contributed by atoms with Crippen LogP contribution in [0.15, 0.2) is 42.5 Å². The van der Waals surface area contributed by atoms with Crippen molar-refractivity contribution < 1.29 is 9.31 Å². The van der Waals surface area contributed by atoms with E-state index in [1.165, 1.54) is 12.1 Å². The SMILES string of the molecule is CCC(Nc1cccc(F)c1C)c1cccc([N+](=O)[O-])c1. The highest BCUT2D eigenvalue weighted by Crippen LogP contribution is 2.27. The third-order valence-electron chi connectivity index (χ3n) is 3.49. The van der Waals surface area contributed by atoms with Gasteiger partial charge < -0.3 is 5.32 Å². The average molecular weight is 288 g/mol. The molecule has 1 N–H and O–H groups in total. The molecule has 110 valence electrons. The van der Waals surface area contributed by atoms with Crippen LogP contribution < -0.4 is 5.32 Å². The molecule has 0 bridgehead atoms. The highest BCUT2D eigenvalue weighted by molar-refractivity contribution is 5.53. The first-order valence-electron chi connectivity index (χ1n) is 6.79. The van der Waals surface area contributed by atoms with Gasteiger partial charge in [0.05, 0.1) is 11.0 Å². The number of nitrogens with one attached hydrogen (secondary N) is 1. The third kappa shape index (κ3) is 3.37. The average Bonchev–Trinajstić information content (AvgIpc) is 2.49. The van der Waals surface area contributed by atoms with E-state index in [1.807, 2.05) is 13.0 Å². The number of nitro benzene ring substituents is 1. The Morgan fingerprint density at radius 2 is 2.00 bits per heavy atom. The monoisotopic (exact) mass is 288 g/mol. The van der Waals surface area contributed by atoms with Crippen molar-refractivity contribution in [2.24, 2.45) is 0 Å². The summed E-state index contributed by atoms with van der Waals surface area (Å²) < 4.78 is 13.6. The van der Waals surface area contributed by atoms with Crippen LogP contribution in [0.25, 0.3) is 0 Å². The molecule has 2 aromatic rings. The van der Waals surface area contributed by atoms with Crippen LogP contribution in [-0.2, 0) is 0 Å². The van der Waals surface area contributed by atoms with Gasteiger partial charge in [0.25, 0.3) is 5.69 Å². The Bertz CT molecular complexity index is 658. The zero-order valence-electron chi connectivity index (χ0n) is 12.0. The van der Waals surface area contributed by atoms with Gasteiger partial charge in [-0.3, -0.25) is 10.1 Å². The molecule has 5 heteroatoms. The second-order valence-electron chi connectivity index (χ2n) is 4.87. The minimum atomic E-state index is -0.413. The van der Waals surface area contributed by atoms with Crippen LogP contribution in [0.3, 0.4) is 0 Å². The van der Waals surface area contributed by atoms with Crippen LogP contribution in [0, 0.1) is 22.9 Å². The number of non-ortho nitro benzene ring substituents is 1. The highest BCUT2D eigenvalue weighted by atomic mass is 19.1. The Morgan fingerprint density at radius 1 is 1.29 bits per heavy atom. The van der Waals surface area contributed by atoms with Crippen molar-refractivity contribution >= 4 is 11.4 Å². The van der Waals surface area contributed by atoms with Crippen molar-refractivity contribution in [3.63, 3.8) is 0 Å². The number of benzene rings is 2. The smallest absolute Gasteiger partial charge is 0.269 e. The molecular formula is C16H17FN2O2. The van der Waals surface area contributed by atoms with Gasteiger partial charge in [0.1, 0.15) is 5.82 Å². The maximum absolute atomic E-state index is 13.6. The van der Waals surface area contributed by atoms with Crippen LogP contribution in [0.1, 0.15) is 30.5 Å². The largest absolute Gasteiger partial charge is 0.378 e. The zero-order valence-corrected chi connectivity index (χ0v) is 12.0. The summed E-state index contributed by atoms with van der Waals surface area (Å²) in [6, 6.07) is 11.3. The first-order valence-corrected chi connectivity index (χ1v) is 6.79. The molecule has 0 aliphatic heterocycles. The Hall–Kier alpha value is -2.43.